The summed E-state index contributed by atoms with van der Waals surface area (Å²) in [6.07, 6.45) is 1.39. The van der Waals surface area contributed by atoms with E-state index in [1.165, 1.54) is 6.20 Å². The molecule has 0 aliphatic carbocycles. The van der Waals surface area contributed by atoms with Crippen molar-refractivity contribution < 1.29 is 9.66 Å². The molecule has 1 atom stereocenters. The highest BCUT2D eigenvalue weighted by Crippen LogP contribution is 2.32. The molecule has 110 valence electrons. The Morgan fingerprint density at radius 3 is 3.05 bits per heavy atom. The van der Waals surface area contributed by atoms with Gasteiger partial charge in [0, 0.05) is 32.2 Å². The average Bonchev–Trinajstić information content (AvgIpc) is 2.42. The summed E-state index contributed by atoms with van der Waals surface area (Å²) in [6.45, 7) is 4.76. The van der Waals surface area contributed by atoms with Crippen LogP contribution in [0.3, 0.4) is 0 Å². The van der Waals surface area contributed by atoms with Crippen molar-refractivity contribution >= 4 is 27.4 Å². The number of likely N-dealkylation sites (N-methyl/N-ethyl adjacent to an activating group) is 1. The van der Waals surface area contributed by atoms with E-state index < -0.39 is 4.92 Å². The molecule has 7 nitrogen and oxygen atoms in total. The molecule has 1 unspecified atom stereocenters. The van der Waals surface area contributed by atoms with Crippen LogP contribution in [0, 0.1) is 17.0 Å². The third-order valence-electron chi connectivity index (χ3n) is 3.26. The van der Waals surface area contributed by atoms with Crippen LogP contribution in [0.15, 0.2) is 10.7 Å². The first-order valence-electron chi connectivity index (χ1n) is 6.33. The van der Waals surface area contributed by atoms with Gasteiger partial charge in [-0.15, -0.1) is 0 Å². The van der Waals surface area contributed by atoms with Crippen molar-refractivity contribution in [2.24, 2.45) is 0 Å². The highest BCUT2D eigenvalue weighted by Gasteiger charge is 2.22. The van der Waals surface area contributed by atoms with Crippen molar-refractivity contribution in [1.82, 2.24) is 10.3 Å². The molecule has 2 heterocycles. The Labute approximate surface area is 125 Å². The van der Waals surface area contributed by atoms with Gasteiger partial charge in [0.1, 0.15) is 12.0 Å². The number of pyridine rings is 1. The first-order chi connectivity index (χ1) is 9.50. The van der Waals surface area contributed by atoms with Gasteiger partial charge in [-0.1, -0.05) is 0 Å². The van der Waals surface area contributed by atoms with Gasteiger partial charge in [-0.3, -0.25) is 10.1 Å². The summed E-state index contributed by atoms with van der Waals surface area (Å²) in [5.74, 6) is 0.683. The van der Waals surface area contributed by atoms with Crippen molar-refractivity contribution in [1.29, 1.82) is 0 Å². The van der Waals surface area contributed by atoms with Crippen LogP contribution in [0.2, 0.25) is 0 Å². The number of hydrogen-bond donors (Lipinski definition) is 1. The summed E-state index contributed by atoms with van der Waals surface area (Å²) in [5, 5.41) is 14.1. The van der Waals surface area contributed by atoms with Crippen molar-refractivity contribution in [3.63, 3.8) is 0 Å². The fourth-order valence-electron chi connectivity index (χ4n) is 2.14. The molecule has 2 rings (SSSR count). The van der Waals surface area contributed by atoms with Crippen LogP contribution in [0.5, 0.6) is 0 Å². The minimum Gasteiger partial charge on any atom is -0.374 e. The van der Waals surface area contributed by atoms with Crippen molar-refractivity contribution in [2.75, 3.05) is 38.2 Å². The van der Waals surface area contributed by atoms with E-state index in [1.54, 1.807) is 6.92 Å². The number of nitrogens with zero attached hydrogens (tertiary/aromatic N) is 3. The first kappa shape index (κ1) is 15.1. The largest absolute Gasteiger partial charge is 0.374 e. The molecular weight excluding hydrogens is 328 g/mol. The fourth-order valence-corrected chi connectivity index (χ4v) is 2.74. The number of rotatable bonds is 4. The molecule has 0 bridgehead atoms. The van der Waals surface area contributed by atoms with Crippen LogP contribution in [-0.4, -0.2) is 49.3 Å². The van der Waals surface area contributed by atoms with Crippen LogP contribution in [0.4, 0.5) is 11.5 Å². The van der Waals surface area contributed by atoms with Crippen LogP contribution in [0.25, 0.3) is 0 Å². The lowest BCUT2D eigenvalue weighted by atomic mass is 10.2. The van der Waals surface area contributed by atoms with E-state index in [1.807, 2.05) is 11.9 Å². The summed E-state index contributed by atoms with van der Waals surface area (Å²) in [6, 6.07) is 0. The molecule has 0 amide bonds. The number of morpholine rings is 1. The van der Waals surface area contributed by atoms with Gasteiger partial charge >= 0.3 is 0 Å². The topological polar surface area (TPSA) is 80.5 Å². The van der Waals surface area contributed by atoms with Crippen LogP contribution in [-0.2, 0) is 4.74 Å². The maximum atomic E-state index is 10.9. The standard InChI is InChI=1S/C12H17BrN4O3/c1-8-10(17(18)19)6-15-12(11(8)13)16(2)7-9-5-14-3-4-20-9/h6,9,14H,3-5,7H2,1-2H3. The van der Waals surface area contributed by atoms with E-state index in [9.17, 15) is 10.1 Å². The number of aromatic nitrogens is 1. The van der Waals surface area contributed by atoms with Gasteiger partial charge in [-0.05, 0) is 22.9 Å². The molecule has 1 aromatic rings. The highest BCUT2D eigenvalue weighted by molar-refractivity contribution is 9.10. The third kappa shape index (κ3) is 3.25. The van der Waals surface area contributed by atoms with Crippen LogP contribution >= 0.6 is 15.9 Å². The lowest BCUT2D eigenvalue weighted by Gasteiger charge is -2.29. The van der Waals surface area contributed by atoms with E-state index >= 15 is 0 Å². The molecule has 20 heavy (non-hydrogen) atoms. The number of nitrogens with one attached hydrogen (secondary N) is 1. The molecule has 1 aromatic heterocycles. The molecule has 0 spiro atoms. The van der Waals surface area contributed by atoms with Crippen LogP contribution in [0.1, 0.15) is 5.56 Å². The number of halogens is 1. The molecule has 0 aromatic carbocycles. The lowest BCUT2D eigenvalue weighted by molar-refractivity contribution is -0.385. The smallest absolute Gasteiger partial charge is 0.291 e. The van der Waals surface area contributed by atoms with Gasteiger partial charge in [-0.2, -0.15) is 0 Å². The van der Waals surface area contributed by atoms with Crippen molar-refractivity contribution in [3.05, 3.63) is 26.3 Å². The highest BCUT2D eigenvalue weighted by atomic mass is 79.9. The van der Waals surface area contributed by atoms with E-state index in [0.29, 0.717) is 29.0 Å². The molecule has 1 aliphatic rings. The predicted molar refractivity (Wildman–Crippen MR) is 79.2 cm³/mol. The van der Waals surface area contributed by atoms with Gasteiger partial charge in [0.15, 0.2) is 0 Å². The molecule has 1 N–H and O–H groups in total. The zero-order valence-corrected chi connectivity index (χ0v) is 13.0. The zero-order valence-electron chi connectivity index (χ0n) is 11.4. The van der Waals surface area contributed by atoms with E-state index in [-0.39, 0.29) is 11.8 Å². The molecule has 0 saturated carbocycles. The Morgan fingerprint density at radius 1 is 1.70 bits per heavy atom. The minimum atomic E-state index is -0.426. The van der Waals surface area contributed by atoms with E-state index in [0.717, 1.165) is 13.1 Å². The molecule has 1 saturated heterocycles. The number of hydrogen-bond acceptors (Lipinski definition) is 6. The SMILES string of the molecule is Cc1c([N+](=O)[O-])cnc(N(C)CC2CNCCO2)c1Br. The third-order valence-corrected chi connectivity index (χ3v) is 4.21. The summed E-state index contributed by atoms with van der Waals surface area (Å²) >= 11 is 3.40. The van der Waals surface area contributed by atoms with Gasteiger partial charge in [0.2, 0.25) is 0 Å². The summed E-state index contributed by atoms with van der Waals surface area (Å²) in [7, 11) is 1.90. The predicted octanol–water partition coefficient (Wildman–Crippen LogP) is 1.49. The summed E-state index contributed by atoms with van der Waals surface area (Å²) in [5.41, 5.74) is 0.596. The monoisotopic (exact) mass is 344 g/mol. The van der Waals surface area contributed by atoms with E-state index in [4.69, 9.17) is 4.74 Å². The maximum Gasteiger partial charge on any atom is 0.291 e. The van der Waals surface area contributed by atoms with Gasteiger partial charge in [-0.25, -0.2) is 4.98 Å². The van der Waals surface area contributed by atoms with Crippen LogP contribution < -0.4 is 10.2 Å². The molecule has 0 radical (unpaired) electrons. The van der Waals surface area contributed by atoms with Gasteiger partial charge in [0.05, 0.1) is 22.1 Å². The Bertz CT molecular complexity index is 506. The summed E-state index contributed by atoms with van der Waals surface area (Å²) < 4.78 is 6.30. The second-order valence-electron chi connectivity index (χ2n) is 4.74. The summed E-state index contributed by atoms with van der Waals surface area (Å²) in [4.78, 5) is 16.6. The maximum absolute atomic E-state index is 10.9. The second kappa shape index (κ2) is 6.47. The zero-order chi connectivity index (χ0) is 14.7. The van der Waals surface area contributed by atoms with Crippen molar-refractivity contribution in [3.8, 4) is 0 Å². The first-order valence-corrected chi connectivity index (χ1v) is 7.13. The second-order valence-corrected chi connectivity index (χ2v) is 5.53. The Hall–Kier alpha value is -1.25. The normalized spacial score (nSPS) is 18.9. The Balaban J connectivity index is 2.15. The Morgan fingerprint density at radius 2 is 2.45 bits per heavy atom. The molecule has 8 heteroatoms. The lowest BCUT2D eigenvalue weighted by Crippen LogP contribution is -2.44. The Kier molecular flexibility index (Phi) is 4.90. The molecule has 1 aliphatic heterocycles. The van der Waals surface area contributed by atoms with E-state index in [2.05, 4.69) is 26.2 Å². The minimum absolute atomic E-state index is 0.0182. The van der Waals surface area contributed by atoms with Crippen molar-refractivity contribution in [2.45, 2.75) is 13.0 Å². The molecular formula is C12H17BrN4O3. The van der Waals surface area contributed by atoms with Gasteiger partial charge < -0.3 is 15.0 Å². The molecule has 1 fully saturated rings. The number of nitro groups is 1. The quantitative estimate of drug-likeness (QED) is 0.658. The number of ether oxygens (including phenoxy) is 1. The number of anilines is 1. The average molecular weight is 345 g/mol. The fraction of sp³-hybridized carbons (Fsp3) is 0.583. The van der Waals surface area contributed by atoms with Gasteiger partial charge in [0.25, 0.3) is 5.69 Å².